The van der Waals surface area contributed by atoms with Crippen molar-refractivity contribution in [3.05, 3.63) is 46.2 Å². The Hall–Kier alpha value is -2.67. The highest BCUT2D eigenvalue weighted by atomic mass is 16.5. The molecular formula is C20H25N3O4. The van der Waals surface area contributed by atoms with Crippen LogP contribution in [0.5, 0.6) is 0 Å². The molecule has 1 aliphatic heterocycles. The van der Waals surface area contributed by atoms with Crippen LogP contribution in [0.3, 0.4) is 0 Å². The standard InChI is InChI=1S/C20H25N3O4/c1-15-14-20(26)23(17-5-3-2-4-16(15)17)9-7-18(24)21-8-6-19(25)22-10-12-27-13-11-22/h2-5,14H,6-13H2,1H3,(H,21,24). The molecule has 2 heterocycles. The minimum absolute atomic E-state index is 0.0272. The lowest BCUT2D eigenvalue weighted by atomic mass is 10.1. The maximum Gasteiger partial charge on any atom is 0.251 e. The van der Waals surface area contributed by atoms with Crippen molar-refractivity contribution in [3.63, 3.8) is 0 Å². The Kier molecular flexibility index (Phi) is 6.24. The fraction of sp³-hybridized carbons (Fsp3) is 0.450. The third kappa shape index (κ3) is 4.74. The van der Waals surface area contributed by atoms with Crippen molar-refractivity contribution in [1.29, 1.82) is 0 Å². The molecule has 0 atom stereocenters. The third-order valence-electron chi connectivity index (χ3n) is 4.81. The zero-order valence-corrected chi connectivity index (χ0v) is 15.6. The summed E-state index contributed by atoms with van der Waals surface area (Å²) in [4.78, 5) is 38.2. The first-order valence-electron chi connectivity index (χ1n) is 9.27. The molecule has 0 radical (unpaired) electrons. The van der Waals surface area contributed by atoms with E-state index < -0.39 is 0 Å². The minimum Gasteiger partial charge on any atom is -0.378 e. The number of aromatic nitrogens is 1. The second-order valence-electron chi connectivity index (χ2n) is 6.68. The molecule has 1 saturated heterocycles. The van der Waals surface area contributed by atoms with Gasteiger partial charge < -0.3 is 19.5 Å². The molecule has 27 heavy (non-hydrogen) atoms. The zero-order valence-electron chi connectivity index (χ0n) is 15.6. The van der Waals surface area contributed by atoms with Gasteiger partial charge in [-0.1, -0.05) is 18.2 Å². The normalized spacial score (nSPS) is 14.3. The third-order valence-corrected chi connectivity index (χ3v) is 4.81. The molecule has 7 nitrogen and oxygen atoms in total. The molecule has 0 saturated carbocycles. The molecule has 1 aromatic carbocycles. The van der Waals surface area contributed by atoms with Gasteiger partial charge in [0.25, 0.3) is 5.56 Å². The Morgan fingerprint density at radius 1 is 1.15 bits per heavy atom. The van der Waals surface area contributed by atoms with E-state index in [9.17, 15) is 14.4 Å². The zero-order chi connectivity index (χ0) is 19.2. The quantitative estimate of drug-likeness (QED) is 0.824. The van der Waals surface area contributed by atoms with Gasteiger partial charge in [-0.3, -0.25) is 14.4 Å². The first kappa shape index (κ1) is 19.1. The number of nitrogens with zero attached hydrogens (tertiary/aromatic N) is 2. The smallest absolute Gasteiger partial charge is 0.251 e. The number of carbonyl (C=O) groups excluding carboxylic acids is 2. The van der Waals surface area contributed by atoms with Crippen LogP contribution in [0.2, 0.25) is 0 Å². The topological polar surface area (TPSA) is 80.6 Å². The van der Waals surface area contributed by atoms with Crippen LogP contribution >= 0.6 is 0 Å². The Morgan fingerprint density at radius 3 is 2.67 bits per heavy atom. The van der Waals surface area contributed by atoms with Crippen LogP contribution in [0.25, 0.3) is 10.9 Å². The summed E-state index contributed by atoms with van der Waals surface area (Å²) in [6.45, 7) is 4.87. The van der Waals surface area contributed by atoms with Crippen LogP contribution in [-0.2, 0) is 20.9 Å². The summed E-state index contributed by atoms with van der Waals surface area (Å²) < 4.78 is 6.85. The number of ether oxygens (including phenoxy) is 1. The van der Waals surface area contributed by atoms with Gasteiger partial charge >= 0.3 is 0 Å². The average molecular weight is 371 g/mol. The van der Waals surface area contributed by atoms with Crippen molar-refractivity contribution in [2.75, 3.05) is 32.8 Å². The molecule has 144 valence electrons. The lowest BCUT2D eigenvalue weighted by Crippen LogP contribution is -2.42. The molecule has 0 unspecified atom stereocenters. The molecule has 1 fully saturated rings. The first-order chi connectivity index (χ1) is 13.1. The molecule has 0 spiro atoms. The number of hydrogen-bond donors (Lipinski definition) is 1. The number of para-hydroxylation sites is 1. The lowest BCUT2D eigenvalue weighted by molar-refractivity contribution is -0.135. The van der Waals surface area contributed by atoms with Gasteiger partial charge in [-0.25, -0.2) is 0 Å². The van der Waals surface area contributed by atoms with Crippen molar-refractivity contribution >= 4 is 22.7 Å². The second kappa shape index (κ2) is 8.81. The number of morpholine rings is 1. The predicted octanol–water partition coefficient (Wildman–Crippen LogP) is 1.07. The van der Waals surface area contributed by atoms with E-state index in [-0.39, 0.29) is 30.2 Å². The van der Waals surface area contributed by atoms with Gasteiger partial charge in [0.1, 0.15) is 0 Å². The van der Waals surface area contributed by atoms with Crippen LogP contribution in [0, 0.1) is 6.92 Å². The maximum absolute atomic E-state index is 12.3. The maximum atomic E-state index is 12.3. The molecular weight excluding hydrogens is 346 g/mol. The highest BCUT2D eigenvalue weighted by molar-refractivity contribution is 5.83. The number of fused-ring (bicyclic) bond motifs is 1. The molecule has 0 aliphatic carbocycles. The number of amides is 2. The van der Waals surface area contributed by atoms with E-state index >= 15 is 0 Å². The first-order valence-corrected chi connectivity index (χ1v) is 9.27. The Balaban J connectivity index is 1.52. The van der Waals surface area contributed by atoms with E-state index in [4.69, 9.17) is 4.74 Å². The fourth-order valence-corrected chi connectivity index (χ4v) is 3.31. The highest BCUT2D eigenvalue weighted by Crippen LogP contribution is 2.16. The second-order valence-corrected chi connectivity index (χ2v) is 6.68. The van der Waals surface area contributed by atoms with Crippen molar-refractivity contribution in [2.24, 2.45) is 0 Å². The van der Waals surface area contributed by atoms with E-state index in [1.165, 1.54) is 0 Å². The van der Waals surface area contributed by atoms with Gasteiger partial charge in [0.05, 0.1) is 18.7 Å². The summed E-state index contributed by atoms with van der Waals surface area (Å²) in [6, 6.07) is 9.28. The number of carbonyl (C=O) groups is 2. The van der Waals surface area contributed by atoms with Crippen LogP contribution in [0.15, 0.2) is 35.1 Å². The summed E-state index contributed by atoms with van der Waals surface area (Å²) in [5.41, 5.74) is 1.65. The number of pyridine rings is 1. The molecule has 2 aromatic rings. The van der Waals surface area contributed by atoms with E-state index in [0.29, 0.717) is 39.4 Å². The van der Waals surface area contributed by atoms with Gasteiger partial charge in [0, 0.05) is 50.5 Å². The van der Waals surface area contributed by atoms with Gasteiger partial charge in [-0.2, -0.15) is 0 Å². The van der Waals surface area contributed by atoms with Crippen molar-refractivity contribution in [3.8, 4) is 0 Å². The Bertz CT molecular complexity index is 884. The van der Waals surface area contributed by atoms with E-state index in [1.807, 2.05) is 31.2 Å². The van der Waals surface area contributed by atoms with Crippen LogP contribution in [0.1, 0.15) is 18.4 Å². The van der Waals surface area contributed by atoms with Crippen molar-refractivity contribution < 1.29 is 14.3 Å². The number of benzene rings is 1. The van der Waals surface area contributed by atoms with Crippen LogP contribution < -0.4 is 10.9 Å². The Labute approximate surface area is 157 Å². The monoisotopic (exact) mass is 371 g/mol. The van der Waals surface area contributed by atoms with Gasteiger partial charge in [0.15, 0.2) is 0 Å². The molecule has 3 rings (SSSR count). The fourth-order valence-electron chi connectivity index (χ4n) is 3.31. The van der Waals surface area contributed by atoms with Crippen molar-refractivity contribution in [2.45, 2.75) is 26.3 Å². The number of rotatable bonds is 6. The van der Waals surface area contributed by atoms with Crippen LogP contribution in [0.4, 0.5) is 0 Å². The summed E-state index contributed by atoms with van der Waals surface area (Å²) in [5.74, 6) is -0.138. The molecule has 0 bridgehead atoms. The van der Waals surface area contributed by atoms with E-state index in [1.54, 1.807) is 15.5 Å². The average Bonchev–Trinajstić information content (AvgIpc) is 2.68. The van der Waals surface area contributed by atoms with Crippen molar-refractivity contribution in [1.82, 2.24) is 14.8 Å². The van der Waals surface area contributed by atoms with E-state index in [2.05, 4.69) is 5.32 Å². The summed E-state index contributed by atoms with van der Waals surface area (Å²) in [6.07, 6.45) is 0.470. The van der Waals surface area contributed by atoms with Gasteiger partial charge in [-0.15, -0.1) is 0 Å². The number of hydrogen-bond acceptors (Lipinski definition) is 4. The predicted molar refractivity (Wildman–Crippen MR) is 103 cm³/mol. The molecule has 7 heteroatoms. The largest absolute Gasteiger partial charge is 0.378 e. The highest BCUT2D eigenvalue weighted by Gasteiger charge is 2.16. The van der Waals surface area contributed by atoms with Gasteiger partial charge in [-0.05, 0) is 18.6 Å². The molecule has 2 amide bonds. The Morgan fingerprint density at radius 2 is 1.89 bits per heavy atom. The molecule has 1 N–H and O–H groups in total. The summed E-state index contributed by atoms with van der Waals surface area (Å²) in [7, 11) is 0. The summed E-state index contributed by atoms with van der Waals surface area (Å²) in [5, 5.41) is 3.78. The SMILES string of the molecule is Cc1cc(=O)n(CCC(=O)NCCC(=O)N2CCOCC2)c2ccccc12. The number of nitrogens with one attached hydrogen (secondary N) is 1. The number of aryl methyl sites for hydroxylation is 2. The van der Waals surface area contributed by atoms with Crippen LogP contribution in [-0.4, -0.2) is 54.1 Å². The molecule has 1 aromatic heterocycles. The summed E-state index contributed by atoms with van der Waals surface area (Å²) >= 11 is 0. The lowest BCUT2D eigenvalue weighted by Gasteiger charge is -2.26. The van der Waals surface area contributed by atoms with E-state index in [0.717, 1.165) is 16.5 Å². The van der Waals surface area contributed by atoms with Gasteiger partial charge in [0.2, 0.25) is 11.8 Å². The molecule has 1 aliphatic rings. The minimum atomic E-state index is -0.165.